The zero-order valence-corrected chi connectivity index (χ0v) is 11.1. The third-order valence-corrected chi connectivity index (χ3v) is 3.38. The number of fused-ring (bicyclic) bond motifs is 1. The van der Waals surface area contributed by atoms with E-state index in [2.05, 4.69) is 4.98 Å². The first-order chi connectivity index (χ1) is 10.0. The number of aliphatic hydroxyl groups excluding tert-OH is 1. The van der Waals surface area contributed by atoms with Gasteiger partial charge in [0, 0.05) is 36.0 Å². The molecule has 1 fully saturated rings. The molecule has 0 spiro atoms. The first-order valence-corrected chi connectivity index (χ1v) is 6.46. The van der Waals surface area contributed by atoms with Gasteiger partial charge in [-0.3, -0.25) is 0 Å². The molecule has 0 saturated heterocycles. The Kier molecular flexibility index (Phi) is 3.04. The lowest BCUT2D eigenvalue weighted by Gasteiger charge is -2.08. The Hall–Kier alpha value is -2.57. The summed E-state index contributed by atoms with van der Waals surface area (Å²) in [5, 5.41) is 9.21. The number of hydrogen-bond donors (Lipinski definition) is 3. The third kappa shape index (κ3) is 2.31. The molecule has 0 amide bonds. The van der Waals surface area contributed by atoms with Gasteiger partial charge in [-0.2, -0.15) is 0 Å². The molecule has 0 unspecified atom stereocenters. The molecule has 1 heterocycles. The molecule has 5 N–H and O–H groups in total. The number of hydrogen-bond acceptors (Lipinski definition) is 4. The Morgan fingerprint density at radius 1 is 1.33 bits per heavy atom. The fraction of sp³-hybridized carbons (Fsp3) is 0.214. The normalized spacial score (nSPS) is 16.7. The van der Waals surface area contributed by atoms with Gasteiger partial charge in [-0.25, -0.2) is 13.8 Å². The lowest BCUT2D eigenvalue weighted by atomic mass is 10.2. The van der Waals surface area contributed by atoms with E-state index in [1.54, 1.807) is 4.57 Å². The SMILES string of the molecule is N/C=C(\C=C(/N)O)c1nc2cc(F)c(F)cc2n1C1CC1. The highest BCUT2D eigenvalue weighted by Crippen LogP contribution is 2.40. The van der Waals surface area contributed by atoms with Crippen molar-refractivity contribution < 1.29 is 13.9 Å². The topological polar surface area (TPSA) is 90.1 Å². The highest BCUT2D eigenvalue weighted by Gasteiger charge is 2.29. The highest BCUT2D eigenvalue weighted by molar-refractivity contribution is 5.82. The first kappa shape index (κ1) is 13.4. The van der Waals surface area contributed by atoms with Gasteiger partial charge < -0.3 is 21.1 Å². The molecule has 1 aliphatic carbocycles. The molecule has 0 bridgehead atoms. The Bertz CT molecular complexity index is 771. The van der Waals surface area contributed by atoms with Crippen molar-refractivity contribution in [2.45, 2.75) is 18.9 Å². The molecule has 0 atom stereocenters. The minimum atomic E-state index is -0.954. The molecule has 3 rings (SSSR count). The lowest BCUT2D eigenvalue weighted by molar-refractivity contribution is 0.406. The molecule has 21 heavy (non-hydrogen) atoms. The van der Waals surface area contributed by atoms with E-state index >= 15 is 0 Å². The maximum atomic E-state index is 13.5. The van der Waals surface area contributed by atoms with Gasteiger partial charge in [0.05, 0.1) is 11.0 Å². The van der Waals surface area contributed by atoms with Gasteiger partial charge in [-0.15, -0.1) is 0 Å². The van der Waals surface area contributed by atoms with E-state index in [9.17, 15) is 13.9 Å². The van der Waals surface area contributed by atoms with Gasteiger partial charge in [0.2, 0.25) is 0 Å². The number of halogens is 2. The van der Waals surface area contributed by atoms with Crippen LogP contribution in [0.25, 0.3) is 16.6 Å². The molecule has 7 heteroatoms. The van der Waals surface area contributed by atoms with Crippen LogP contribution in [0.1, 0.15) is 24.7 Å². The Morgan fingerprint density at radius 3 is 2.57 bits per heavy atom. The summed E-state index contributed by atoms with van der Waals surface area (Å²) in [7, 11) is 0. The van der Waals surface area contributed by atoms with Crippen LogP contribution in [-0.4, -0.2) is 14.7 Å². The zero-order chi connectivity index (χ0) is 15.1. The Morgan fingerprint density at radius 2 is 2.00 bits per heavy atom. The minimum Gasteiger partial charge on any atom is -0.495 e. The smallest absolute Gasteiger partial charge is 0.182 e. The number of nitrogens with two attached hydrogens (primary N) is 2. The summed E-state index contributed by atoms with van der Waals surface area (Å²) in [6, 6.07) is 2.34. The van der Waals surface area contributed by atoms with Crippen LogP contribution in [0, 0.1) is 11.6 Å². The molecular formula is C14H14F2N4O. The lowest BCUT2D eigenvalue weighted by Crippen LogP contribution is -2.04. The van der Waals surface area contributed by atoms with Crippen LogP contribution in [0.2, 0.25) is 0 Å². The first-order valence-electron chi connectivity index (χ1n) is 6.46. The number of aromatic nitrogens is 2. The fourth-order valence-corrected chi connectivity index (χ4v) is 2.34. The number of benzene rings is 1. The molecule has 2 aromatic rings. The van der Waals surface area contributed by atoms with Crippen molar-refractivity contribution in [2.24, 2.45) is 11.5 Å². The predicted molar refractivity (Wildman–Crippen MR) is 75.0 cm³/mol. The van der Waals surface area contributed by atoms with Gasteiger partial charge in [0.25, 0.3) is 0 Å². The quantitative estimate of drug-likeness (QED) is 0.598. The number of nitrogens with zero attached hydrogens (tertiary/aromatic N) is 2. The van der Waals surface area contributed by atoms with Gasteiger partial charge in [-0.05, 0) is 12.8 Å². The number of imidazole rings is 1. The maximum absolute atomic E-state index is 13.5. The summed E-state index contributed by atoms with van der Waals surface area (Å²) in [4.78, 5) is 4.30. The molecular weight excluding hydrogens is 278 g/mol. The summed E-state index contributed by atoms with van der Waals surface area (Å²) < 4.78 is 28.7. The maximum Gasteiger partial charge on any atom is 0.182 e. The molecule has 1 aromatic heterocycles. The molecule has 110 valence electrons. The average molecular weight is 292 g/mol. The van der Waals surface area contributed by atoms with E-state index in [1.165, 1.54) is 12.3 Å². The van der Waals surface area contributed by atoms with Crippen molar-refractivity contribution in [3.8, 4) is 0 Å². The van der Waals surface area contributed by atoms with Crippen LogP contribution in [0.3, 0.4) is 0 Å². The third-order valence-electron chi connectivity index (χ3n) is 3.38. The molecule has 5 nitrogen and oxygen atoms in total. The van der Waals surface area contributed by atoms with Crippen LogP contribution in [0.15, 0.2) is 30.3 Å². The molecule has 0 aliphatic heterocycles. The van der Waals surface area contributed by atoms with Crippen molar-refractivity contribution >= 4 is 16.6 Å². The van der Waals surface area contributed by atoms with Crippen LogP contribution < -0.4 is 11.5 Å². The largest absolute Gasteiger partial charge is 0.495 e. The highest BCUT2D eigenvalue weighted by atomic mass is 19.2. The molecule has 0 radical (unpaired) electrons. The van der Waals surface area contributed by atoms with Gasteiger partial charge in [0.15, 0.2) is 17.5 Å². The van der Waals surface area contributed by atoms with Crippen molar-refractivity contribution in [3.05, 3.63) is 47.8 Å². The van der Waals surface area contributed by atoms with Crippen molar-refractivity contribution in [3.63, 3.8) is 0 Å². The van der Waals surface area contributed by atoms with Crippen LogP contribution in [0.4, 0.5) is 8.78 Å². The zero-order valence-electron chi connectivity index (χ0n) is 11.1. The van der Waals surface area contributed by atoms with E-state index in [0.717, 1.165) is 25.0 Å². The minimum absolute atomic E-state index is 0.165. The molecule has 1 aromatic carbocycles. The number of aliphatic hydroxyl groups is 1. The van der Waals surface area contributed by atoms with Gasteiger partial charge >= 0.3 is 0 Å². The second kappa shape index (κ2) is 4.76. The van der Waals surface area contributed by atoms with Crippen LogP contribution in [-0.2, 0) is 0 Å². The average Bonchev–Trinajstić information content (AvgIpc) is 3.19. The molecule has 1 aliphatic rings. The van der Waals surface area contributed by atoms with Gasteiger partial charge in [-0.1, -0.05) is 0 Å². The van der Waals surface area contributed by atoms with E-state index in [0.29, 0.717) is 22.4 Å². The van der Waals surface area contributed by atoms with Crippen molar-refractivity contribution in [2.75, 3.05) is 0 Å². The predicted octanol–water partition coefficient (Wildman–Crippen LogP) is 2.31. The monoisotopic (exact) mass is 292 g/mol. The fourth-order valence-electron chi connectivity index (χ4n) is 2.34. The summed E-state index contributed by atoms with van der Waals surface area (Å²) in [5.41, 5.74) is 12.0. The van der Waals surface area contributed by atoms with E-state index in [1.807, 2.05) is 0 Å². The molecule has 1 saturated carbocycles. The number of allylic oxidation sites excluding steroid dienone is 2. The summed E-state index contributed by atoms with van der Waals surface area (Å²) in [6.45, 7) is 0. The van der Waals surface area contributed by atoms with Crippen molar-refractivity contribution in [1.29, 1.82) is 0 Å². The Labute approximate surface area is 119 Å². The number of rotatable bonds is 3. The van der Waals surface area contributed by atoms with Crippen molar-refractivity contribution in [1.82, 2.24) is 9.55 Å². The van der Waals surface area contributed by atoms with E-state index < -0.39 is 17.5 Å². The standard InChI is InChI=1S/C14H14F2N4O/c15-9-4-11-12(5-10(9)16)20(8-1-2-8)14(19-11)7(6-17)3-13(18)21/h3-6,8,21H,1-2,17-18H2/b7-6+,13-3+. The second-order valence-electron chi connectivity index (χ2n) is 4.98. The van der Waals surface area contributed by atoms with E-state index in [4.69, 9.17) is 11.5 Å². The second-order valence-corrected chi connectivity index (χ2v) is 4.98. The van der Waals surface area contributed by atoms with Crippen LogP contribution in [0.5, 0.6) is 0 Å². The summed E-state index contributed by atoms with van der Waals surface area (Å²) >= 11 is 0. The Balaban J connectivity index is 2.27. The summed E-state index contributed by atoms with van der Waals surface area (Å²) in [5.74, 6) is -1.87. The van der Waals surface area contributed by atoms with Crippen LogP contribution >= 0.6 is 0 Å². The summed E-state index contributed by atoms with van der Waals surface area (Å²) in [6.07, 6.45) is 4.35. The van der Waals surface area contributed by atoms with E-state index in [-0.39, 0.29) is 6.04 Å². The van der Waals surface area contributed by atoms with Gasteiger partial charge in [0.1, 0.15) is 5.82 Å².